The molecule has 0 aliphatic rings. The molecular weight excluding hydrogens is 265 g/mol. The number of aliphatic carboxylic acids is 1. The van der Waals surface area contributed by atoms with Crippen molar-refractivity contribution in [1.82, 2.24) is 0 Å². The van der Waals surface area contributed by atoms with Gasteiger partial charge in [-0.05, 0) is 23.3 Å². The highest BCUT2D eigenvalue weighted by atomic mass is 19.1. The second-order valence-corrected chi connectivity index (χ2v) is 4.18. The molecule has 1 N–H and O–H groups in total. The van der Waals surface area contributed by atoms with Crippen molar-refractivity contribution in [2.75, 3.05) is 0 Å². The lowest BCUT2D eigenvalue weighted by atomic mass is 10.0. The predicted molar refractivity (Wildman–Crippen MR) is 69.8 cm³/mol. The van der Waals surface area contributed by atoms with Gasteiger partial charge in [0.2, 0.25) is 0 Å². The van der Waals surface area contributed by atoms with E-state index in [1.165, 1.54) is 36.4 Å². The van der Waals surface area contributed by atoms with Gasteiger partial charge in [0.25, 0.3) is 5.69 Å². The molecule has 0 radical (unpaired) electrons. The molecule has 0 saturated carbocycles. The Bertz CT molecular complexity index is 667. The quantitative estimate of drug-likeness (QED) is 0.687. The van der Waals surface area contributed by atoms with E-state index < -0.39 is 23.1 Å². The van der Waals surface area contributed by atoms with Crippen molar-refractivity contribution in [3.63, 3.8) is 0 Å². The highest BCUT2D eigenvalue weighted by Gasteiger charge is 2.17. The Labute approximate surface area is 113 Å². The van der Waals surface area contributed by atoms with Crippen LogP contribution in [0.4, 0.5) is 10.1 Å². The van der Waals surface area contributed by atoms with Crippen LogP contribution in [-0.4, -0.2) is 16.0 Å². The summed E-state index contributed by atoms with van der Waals surface area (Å²) in [6.45, 7) is 0. The van der Waals surface area contributed by atoms with Crippen LogP contribution in [0.2, 0.25) is 0 Å². The lowest BCUT2D eigenvalue weighted by Gasteiger charge is -2.05. The molecule has 5 nitrogen and oxygen atoms in total. The van der Waals surface area contributed by atoms with E-state index >= 15 is 0 Å². The molecule has 2 aromatic rings. The number of carboxylic acids is 1. The highest BCUT2D eigenvalue weighted by Crippen LogP contribution is 2.27. The average Bonchev–Trinajstić information content (AvgIpc) is 2.39. The van der Waals surface area contributed by atoms with Crippen molar-refractivity contribution in [2.24, 2.45) is 0 Å². The van der Waals surface area contributed by atoms with Crippen molar-refractivity contribution in [3.8, 4) is 11.1 Å². The van der Waals surface area contributed by atoms with Gasteiger partial charge in [-0.25, -0.2) is 4.39 Å². The molecule has 0 aliphatic heterocycles. The first-order valence-corrected chi connectivity index (χ1v) is 5.72. The SMILES string of the molecule is O=C(O)Cc1ccc(-c2ccc(F)cc2)cc1[N+](=O)[O-]. The van der Waals surface area contributed by atoms with E-state index in [0.29, 0.717) is 11.1 Å². The average molecular weight is 275 g/mol. The summed E-state index contributed by atoms with van der Waals surface area (Å²) < 4.78 is 12.8. The fourth-order valence-corrected chi connectivity index (χ4v) is 1.87. The molecule has 102 valence electrons. The van der Waals surface area contributed by atoms with Crippen LogP contribution < -0.4 is 0 Å². The molecule has 0 bridgehead atoms. The molecule has 2 rings (SSSR count). The molecule has 0 spiro atoms. The molecule has 0 aliphatic carbocycles. The Hall–Kier alpha value is -2.76. The molecule has 0 heterocycles. The van der Waals surface area contributed by atoms with Crippen molar-refractivity contribution in [2.45, 2.75) is 6.42 Å². The van der Waals surface area contributed by atoms with Crippen LogP contribution in [0.1, 0.15) is 5.56 Å². The van der Waals surface area contributed by atoms with Gasteiger partial charge in [-0.15, -0.1) is 0 Å². The zero-order valence-corrected chi connectivity index (χ0v) is 10.2. The number of nitro groups is 1. The van der Waals surface area contributed by atoms with Crippen LogP contribution in [-0.2, 0) is 11.2 Å². The van der Waals surface area contributed by atoms with Crippen LogP contribution in [0.3, 0.4) is 0 Å². The summed E-state index contributed by atoms with van der Waals surface area (Å²) in [4.78, 5) is 21.0. The smallest absolute Gasteiger partial charge is 0.308 e. The van der Waals surface area contributed by atoms with E-state index in [-0.39, 0.29) is 11.3 Å². The maximum Gasteiger partial charge on any atom is 0.308 e. The molecule has 0 atom stereocenters. The molecule has 0 saturated heterocycles. The summed E-state index contributed by atoms with van der Waals surface area (Å²) in [6.07, 6.45) is -0.417. The van der Waals surface area contributed by atoms with Crippen LogP contribution >= 0.6 is 0 Å². The van der Waals surface area contributed by atoms with Crippen LogP contribution in [0.15, 0.2) is 42.5 Å². The standard InChI is InChI=1S/C14H10FNO4/c15-12-5-3-9(4-6-12)10-1-2-11(8-14(17)18)13(7-10)16(19)20/h1-7H,8H2,(H,17,18). The summed E-state index contributed by atoms with van der Waals surface area (Å²) in [5.41, 5.74) is 1.03. The van der Waals surface area contributed by atoms with E-state index in [1.54, 1.807) is 6.07 Å². The highest BCUT2D eigenvalue weighted by molar-refractivity contribution is 5.74. The summed E-state index contributed by atoms with van der Waals surface area (Å²) in [5, 5.41) is 19.7. The van der Waals surface area contributed by atoms with E-state index in [0.717, 1.165) is 0 Å². The van der Waals surface area contributed by atoms with Gasteiger partial charge in [0.15, 0.2) is 0 Å². The molecule has 0 aromatic heterocycles. The molecular formula is C14H10FNO4. The number of carbonyl (C=O) groups is 1. The molecule has 0 amide bonds. The first-order valence-electron chi connectivity index (χ1n) is 5.72. The molecule has 0 fully saturated rings. The number of hydrogen-bond acceptors (Lipinski definition) is 3. The molecule has 6 heteroatoms. The Balaban J connectivity index is 2.47. The Morgan fingerprint density at radius 3 is 2.30 bits per heavy atom. The first kappa shape index (κ1) is 13.7. The minimum atomic E-state index is -1.14. The summed E-state index contributed by atoms with van der Waals surface area (Å²) in [7, 11) is 0. The molecule has 2 aromatic carbocycles. The fourth-order valence-electron chi connectivity index (χ4n) is 1.87. The second-order valence-electron chi connectivity index (χ2n) is 4.18. The van der Waals surface area contributed by atoms with Gasteiger partial charge in [-0.1, -0.05) is 24.3 Å². The van der Waals surface area contributed by atoms with E-state index in [9.17, 15) is 19.3 Å². The number of benzene rings is 2. The zero-order chi connectivity index (χ0) is 14.7. The maximum absolute atomic E-state index is 12.8. The minimum absolute atomic E-state index is 0.133. The van der Waals surface area contributed by atoms with Crippen LogP contribution in [0.5, 0.6) is 0 Å². The summed E-state index contributed by atoms with van der Waals surface area (Å²) >= 11 is 0. The lowest BCUT2D eigenvalue weighted by Crippen LogP contribution is -2.03. The number of nitrogens with zero attached hydrogens (tertiary/aromatic N) is 1. The number of carboxylic acid groups (broad SMARTS) is 1. The van der Waals surface area contributed by atoms with Gasteiger partial charge in [0.05, 0.1) is 11.3 Å². The fraction of sp³-hybridized carbons (Fsp3) is 0.0714. The summed E-state index contributed by atoms with van der Waals surface area (Å²) in [6, 6.07) is 9.81. The lowest BCUT2D eigenvalue weighted by molar-refractivity contribution is -0.385. The first-order chi connectivity index (χ1) is 9.47. The third-order valence-electron chi connectivity index (χ3n) is 2.80. The Kier molecular flexibility index (Phi) is 3.74. The topological polar surface area (TPSA) is 80.4 Å². The summed E-state index contributed by atoms with van der Waals surface area (Å²) in [5.74, 6) is -1.53. The van der Waals surface area contributed by atoms with Gasteiger partial charge < -0.3 is 5.11 Å². The van der Waals surface area contributed by atoms with Crippen molar-refractivity contribution in [1.29, 1.82) is 0 Å². The van der Waals surface area contributed by atoms with Crippen molar-refractivity contribution in [3.05, 3.63) is 64.0 Å². The number of hydrogen-bond donors (Lipinski definition) is 1. The Morgan fingerprint density at radius 1 is 1.15 bits per heavy atom. The second kappa shape index (κ2) is 5.48. The van der Waals surface area contributed by atoms with E-state index in [1.807, 2.05) is 0 Å². The van der Waals surface area contributed by atoms with Gasteiger partial charge in [-0.2, -0.15) is 0 Å². The van der Waals surface area contributed by atoms with Crippen molar-refractivity contribution >= 4 is 11.7 Å². The van der Waals surface area contributed by atoms with Crippen molar-refractivity contribution < 1.29 is 19.2 Å². The molecule has 20 heavy (non-hydrogen) atoms. The van der Waals surface area contributed by atoms with E-state index in [2.05, 4.69) is 0 Å². The third kappa shape index (κ3) is 2.97. The number of halogens is 1. The van der Waals surface area contributed by atoms with E-state index in [4.69, 9.17) is 5.11 Å². The third-order valence-corrected chi connectivity index (χ3v) is 2.80. The minimum Gasteiger partial charge on any atom is -0.481 e. The zero-order valence-electron chi connectivity index (χ0n) is 10.2. The number of rotatable bonds is 4. The van der Waals surface area contributed by atoms with Gasteiger partial charge >= 0.3 is 5.97 Å². The van der Waals surface area contributed by atoms with Crippen LogP contribution in [0, 0.1) is 15.9 Å². The molecule has 0 unspecified atom stereocenters. The maximum atomic E-state index is 12.8. The normalized spacial score (nSPS) is 10.2. The van der Waals surface area contributed by atoms with Gasteiger partial charge in [0.1, 0.15) is 5.82 Å². The predicted octanol–water partition coefficient (Wildman–Crippen LogP) is 3.03. The monoisotopic (exact) mass is 275 g/mol. The Morgan fingerprint density at radius 2 is 1.75 bits per heavy atom. The van der Waals surface area contributed by atoms with Gasteiger partial charge in [-0.3, -0.25) is 14.9 Å². The van der Waals surface area contributed by atoms with Crippen LogP contribution in [0.25, 0.3) is 11.1 Å². The largest absolute Gasteiger partial charge is 0.481 e. The van der Waals surface area contributed by atoms with Gasteiger partial charge in [0, 0.05) is 11.6 Å². The number of nitro benzene ring substituents is 1.